The molecular formula is C36H38FN7O4. The number of halogens is 1. The van der Waals surface area contributed by atoms with E-state index in [1.807, 2.05) is 24.3 Å². The van der Waals surface area contributed by atoms with Crippen molar-refractivity contribution < 1.29 is 23.9 Å². The summed E-state index contributed by atoms with van der Waals surface area (Å²) in [7, 11) is 0. The fourth-order valence-electron chi connectivity index (χ4n) is 5.77. The van der Waals surface area contributed by atoms with Crippen LogP contribution in [0.2, 0.25) is 0 Å². The molecule has 5 rings (SSSR count). The van der Waals surface area contributed by atoms with E-state index >= 15 is 0 Å². The van der Waals surface area contributed by atoms with Crippen LogP contribution in [0.5, 0.6) is 0 Å². The van der Waals surface area contributed by atoms with Gasteiger partial charge in [0.2, 0.25) is 5.91 Å². The smallest absolute Gasteiger partial charge is 0.271 e. The Labute approximate surface area is 279 Å². The molecule has 0 unspecified atom stereocenters. The maximum atomic E-state index is 13.5. The monoisotopic (exact) mass is 651 g/mol. The quantitative estimate of drug-likeness (QED) is 0.298. The van der Waals surface area contributed by atoms with Gasteiger partial charge in [-0.3, -0.25) is 24.2 Å². The number of pyridine rings is 1. The molecule has 0 saturated carbocycles. The molecule has 2 saturated heterocycles. The van der Waals surface area contributed by atoms with Crippen molar-refractivity contribution in [2.45, 2.75) is 32.0 Å². The third-order valence-corrected chi connectivity index (χ3v) is 8.48. The van der Waals surface area contributed by atoms with E-state index in [1.54, 1.807) is 23.1 Å². The number of aliphatic hydroxyl groups excluding tert-OH is 1. The van der Waals surface area contributed by atoms with Crippen molar-refractivity contribution in [2.75, 3.05) is 52.4 Å². The Morgan fingerprint density at radius 1 is 0.917 bits per heavy atom. The Balaban J connectivity index is 1.20. The first kappa shape index (κ1) is 34.2. The first-order valence-electron chi connectivity index (χ1n) is 16.0. The number of nitriles is 1. The minimum Gasteiger partial charge on any atom is -0.387 e. The number of piperazine rings is 1. The Morgan fingerprint density at radius 2 is 1.54 bits per heavy atom. The highest BCUT2D eigenvalue weighted by Crippen LogP contribution is 2.18. The fraction of sp³-hybridized carbons (Fsp3) is 0.361. The predicted octanol–water partition coefficient (Wildman–Crippen LogP) is 1.90. The van der Waals surface area contributed by atoms with Gasteiger partial charge in [-0.2, -0.15) is 5.26 Å². The summed E-state index contributed by atoms with van der Waals surface area (Å²) in [6.07, 6.45) is 2.90. The average molecular weight is 652 g/mol. The van der Waals surface area contributed by atoms with Gasteiger partial charge in [-0.25, -0.2) is 9.37 Å². The zero-order chi connectivity index (χ0) is 33.9. The van der Waals surface area contributed by atoms with Crippen LogP contribution in [-0.4, -0.2) is 101 Å². The lowest BCUT2D eigenvalue weighted by atomic mass is 10.0. The molecular weight excluding hydrogens is 613 g/mol. The molecule has 2 fully saturated rings. The summed E-state index contributed by atoms with van der Waals surface area (Å²) in [5.74, 6) is 4.21. The summed E-state index contributed by atoms with van der Waals surface area (Å²) >= 11 is 0. The third-order valence-electron chi connectivity index (χ3n) is 8.48. The van der Waals surface area contributed by atoms with E-state index in [2.05, 4.69) is 43.3 Å². The molecule has 0 aliphatic carbocycles. The van der Waals surface area contributed by atoms with Crippen molar-refractivity contribution in [3.05, 3.63) is 100 Å². The van der Waals surface area contributed by atoms with Gasteiger partial charge in [0.15, 0.2) is 0 Å². The van der Waals surface area contributed by atoms with Crippen molar-refractivity contribution >= 4 is 17.7 Å². The van der Waals surface area contributed by atoms with Gasteiger partial charge in [0, 0.05) is 64.6 Å². The number of hydrogen-bond donors (Lipinski definition) is 3. The third kappa shape index (κ3) is 9.46. The second-order valence-electron chi connectivity index (χ2n) is 11.9. The van der Waals surface area contributed by atoms with Crippen LogP contribution in [0.15, 0.2) is 60.8 Å². The van der Waals surface area contributed by atoms with Crippen molar-refractivity contribution in [3.8, 4) is 17.9 Å². The molecule has 248 valence electrons. The summed E-state index contributed by atoms with van der Waals surface area (Å²) in [4.78, 5) is 49.0. The van der Waals surface area contributed by atoms with Gasteiger partial charge >= 0.3 is 0 Å². The molecule has 0 atom stereocenters. The molecule has 12 heteroatoms. The molecule has 2 aromatic carbocycles. The lowest BCUT2D eigenvalue weighted by Gasteiger charge is -2.34. The standard InChI is InChI=1S/C36H38FN7O4/c37-31-9-7-28(8-10-31)24-43-16-18-44(19-17-43)36(48)30-20-29(2-1-13-39-33(46)25-45)34(40-22-30)35(47)41-32-11-14-42(15-12-32)23-27-5-3-26(21-38)4-6-27/h3-10,20,22,32,45H,11-19,23-25H2,(H,39,46)(H,41,47). The Hall–Kier alpha value is -5.14. The molecule has 1 aromatic heterocycles. The normalized spacial score (nSPS) is 15.6. The molecule has 0 spiro atoms. The number of carbonyl (C=O) groups is 3. The number of nitrogens with one attached hydrogen (secondary N) is 2. The van der Waals surface area contributed by atoms with Gasteiger partial charge < -0.3 is 20.6 Å². The molecule has 0 bridgehead atoms. The number of hydrogen-bond acceptors (Lipinski definition) is 8. The van der Waals surface area contributed by atoms with E-state index in [1.165, 1.54) is 18.3 Å². The van der Waals surface area contributed by atoms with Crippen molar-refractivity contribution in [2.24, 2.45) is 0 Å². The van der Waals surface area contributed by atoms with Gasteiger partial charge in [0.1, 0.15) is 18.1 Å². The summed E-state index contributed by atoms with van der Waals surface area (Å²) in [6.45, 7) is 4.61. The SMILES string of the molecule is N#Cc1ccc(CN2CCC(NC(=O)c3ncc(C(=O)N4CCN(Cc5ccc(F)cc5)CC4)cc3C#CCNC(=O)CO)CC2)cc1. The summed E-state index contributed by atoms with van der Waals surface area (Å²) < 4.78 is 13.3. The van der Waals surface area contributed by atoms with E-state index in [9.17, 15) is 18.8 Å². The van der Waals surface area contributed by atoms with Crippen LogP contribution in [0, 0.1) is 29.0 Å². The largest absolute Gasteiger partial charge is 0.387 e. The van der Waals surface area contributed by atoms with Crippen LogP contribution in [-0.2, 0) is 17.9 Å². The van der Waals surface area contributed by atoms with Gasteiger partial charge in [-0.1, -0.05) is 36.1 Å². The van der Waals surface area contributed by atoms with Crippen molar-refractivity contribution in [1.29, 1.82) is 5.26 Å². The van der Waals surface area contributed by atoms with E-state index in [0.29, 0.717) is 43.9 Å². The second kappa shape index (κ2) is 16.6. The molecule has 3 N–H and O–H groups in total. The zero-order valence-electron chi connectivity index (χ0n) is 26.6. The summed E-state index contributed by atoms with van der Waals surface area (Å²) in [5.41, 5.74) is 3.42. The molecule has 3 aromatic rings. The molecule has 3 heterocycles. The van der Waals surface area contributed by atoms with Crippen LogP contribution in [0.4, 0.5) is 4.39 Å². The van der Waals surface area contributed by atoms with Gasteiger partial charge in [-0.15, -0.1) is 0 Å². The minimum absolute atomic E-state index is 0.0493. The van der Waals surface area contributed by atoms with Crippen LogP contribution in [0.1, 0.15) is 55.9 Å². The molecule has 11 nitrogen and oxygen atoms in total. The highest BCUT2D eigenvalue weighted by atomic mass is 19.1. The highest BCUT2D eigenvalue weighted by molar-refractivity contribution is 5.98. The molecule has 2 aliphatic rings. The zero-order valence-corrected chi connectivity index (χ0v) is 26.6. The molecule has 3 amide bonds. The lowest BCUT2D eigenvalue weighted by molar-refractivity contribution is -0.123. The van der Waals surface area contributed by atoms with E-state index in [0.717, 1.165) is 43.6 Å². The lowest BCUT2D eigenvalue weighted by Crippen LogP contribution is -2.48. The van der Waals surface area contributed by atoms with Crippen molar-refractivity contribution in [3.63, 3.8) is 0 Å². The number of carbonyl (C=O) groups excluding carboxylic acids is 3. The maximum Gasteiger partial charge on any atom is 0.271 e. The Kier molecular flexibility index (Phi) is 11.8. The average Bonchev–Trinajstić information content (AvgIpc) is 3.12. The second-order valence-corrected chi connectivity index (χ2v) is 11.9. The Morgan fingerprint density at radius 3 is 2.17 bits per heavy atom. The summed E-state index contributed by atoms with van der Waals surface area (Å²) in [6, 6.07) is 17.6. The maximum absolute atomic E-state index is 13.5. The number of likely N-dealkylation sites (tertiary alicyclic amines) is 1. The number of aromatic nitrogens is 1. The topological polar surface area (TPSA) is 142 Å². The molecule has 48 heavy (non-hydrogen) atoms. The molecule has 0 radical (unpaired) electrons. The predicted molar refractivity (Wildman–Crippen MR) is 176 cm³/mol. The number of nitrogens with zero attached hydrogens (tertiary/aromatic N) is 5. The van der Waals surface area contributed by atoms with Crippen LogP contribution >= 0.6 is 0 Å². The first-order valence-corrected chi connectivity index (χ1v) is 16.0. The van der Waals surface area contributed by atoms with E-state index in [4.69, 9.17) is 10.4 Å². The number of benzene rings is 2. The van der Waals surface area contributed by atoms with E-state index in [-0.39, 0.29) is 35.6 Å². The Bertz CT molecular complexity index is 1700. The van der Waals surface area contributed by atoms with Crippen LogP contribution < -0.4 is 10.6 Å². The van der Waals surface area contributed by atoms with Crippen LogP contribution in [0.25, 0.3) is 0 Å². The van der Waals surface area contributed by atoms with Gasteiger partial charge in [-0.05, 0) is 54.3 Å². The van der Waals surface area contributed by atoms with Crippen molar-refractivity contribution in [1.82, 2.24) is 30.3 Å². The number of aliphatic hydroxyl groups is 1. The number of piperidine rings is 1. The first-order chi connectivity index (χ1) is 23.3. The number of amides is 3. The van der Waals surface area contributed by atoms with Gasteiger partial charge in [0.25, 0.3) is 11.8 Å². The molecule has 2 aliphatic heterocycles. The highest BCUT2D eigenvalue weighted by Gasteiger charge is 2.26. The van der Waals surface area contributed by atoms with Gasteiger partial charge in [0.05, 0.1) is 29.3 Å². The van der Waals surface area contributed by atoms with Crippen LogP contribution in [0.3, 0.4) is 0 Å². The number of rotatable bonds is 9. The minimum atomic E-state index is -0.662. The summed E-state index contributed by atoms with van der Waals surface area (Å²) in [5, 5.41) is 23.5. The van der Waals surface area contributed by atoms with E-state index < -0.39 is 18.4 Å². The fourth-order valence-corrected chi connectivity index (χ4v) is 5.77.